The van der Waals surface area contributed by atoms with E-state index in [1.807, 2.05) is 42.5 Å². The molecule has 5 heteroatoms. The Morgan fingerprint density at radius 1 is 1.00 bits per heavy atom. The summed E-state index contributed by atoms with van der Waals surface area (Å²) in [6.45, 7) is 7.70. The van der Waals surface area contributed by atoms with Gasteiger partial charge in [0.15, 0.2) is 0 Å². The van der Waals surface area contributed by atoms with Gasteiger partial charge in [0.1, 0.15) is 11.4 Å². The molecule has 4 nitrogen and oxygen atoms in total. The number of hydrogen-bond acceptors (Lipinski definition) is 3. The van der Waals surface area contributed by atoms with Crippen molar-refractivity contribution in [3.8, 4) is 11.3 Å². The van der Waals surface area contributed by atoms with E-state index in [-0.39, 0.29) is 5.54 Å². The van der Waals surface area contributed by atoms with Gasteiger partial charge >= 0.3 is 0 Å². The summed E-state index contributed by atoms with van der Waals surface area (Å²) in [6.07, 6.45) is 0. The van der Waals surface area contributed by atoms with E-state index in [1.54, 1.807) is 4.80 Å². The van der Waals surface area contributed by atoms with Crippen LogP contribution in [0.5, 0.6) is 0 Å². The molecular formula is C20H23ClN4. The van der Waals surface area contributed by atoms with Crippen molar-refractivity contribution in [2.75, 3.05) is 0 Å². The molecule has 130 valence electrons. The molecule has 0 fully saturated rings. The average molecular weight is 355 g/mol. The highest BCUT2D eigenvalue weighted by atomic mass is 35.5. The first-order chi connectivity index (χ1) is 11.9. The molecule has 0 aliphatic heterocycles. The maximum Gasteiger partial charge on any atom is 0.117 e. The zero-order chi connectivity index (χ0) is 17.9. The Hall–Kier alpha value is -2.17. The standard InChI is InChI=1S/C20H23ClN4/c1-20(2,3)22-13-18-19(16-9-5-4-6-10-16)24-25(23-18)14-15-8-7-11-17(21)12-15/h4-12,22H,13-14H2,1-3H3. The smallest absolute Gasteiger partial charge is 0.117 e. The number of nitrogens with zero attached hydrogens (tertiary/aromatic N) is 3. The van der Waals surface area contributed by atoms with E-state index < -0.39 is 0 Å². The molecule has 0 saturated heterocycles. The minimum absolute atomic E-state index is 0.0185. The van der Waals surface area contributed by atoms with Crippen molar-refractivity contribution in [2.24, 2.45) is 0 Å². The van der Waals surface area contributed by atoms with Crippen LogP contribution in [0.25, 0.3) is 11.3 Å². The number of benzene rings is 2. The van der Waals surface area contributed by atoms with Gasteiger partial charge in [-0.25, -0.2) is 0 Å². The summed E-state index contributed by atoms with van der Waals surface area (Å²) < 4.78 is 0. The molecule has 1 N–H and O–H groups in total. The van der Waals surface area contributed by atoms with Crippen LogP contribution in [-0.2, 0) is 13.1 Å². The van der Waals surface area contributed by atoms with Crippen molar-refractivity contribution in [3.63, 3.8) is 0 Å². The van der Waals surface area contributed by atoms with Gasteiger partial charge in [-0.3, -0.25) is 0 Å². The Morgan fingerprint density at radius 3 is 2.44 bits per heavy atom. The van der Waals surface area contributed by atoms with Gasteiger partial charge < -0.3 is 5.32 Å². The number of nitrogens with one attached hydrogen (secondary N) is 1. The molecule has 0 bridgehead atoms. The van der Waals surface area contributed by atoms with Gasteiger partial charge in [0.25, 0.3) is 0 Å². The molecule has 0 aliphatic rings. The Balaban J connectivity index is 1.91. The molecule has 0 spiro atoms. The van der Waals surface area contributed by atoms with Crippen molar-refractivity contribution in [1.82, 2.24) is 20.3 Å². The third kappa shape index (κ3) is 4.91. The van der Waals surface area contributed by atoms with E-state index in [0.717, 1.165) is 27.5 Å². The highest BCUT2D eigenvalue weighted by molar-refractivity contribution is 6.30. The van der Waals surface area contributed by atoms with Crippen molar-refractivity contribution in [1.29, 1.82) is 0 Å². The zero-order valence-corrected chi connectivity index (χ0v) is 15.6. The molecule has 3 aromatic rings. The van der Waals surface area contributed by atoms with Gasteiger partial charge in [-0.05, 0) is 38.5 Å². The van der Waals surface area contributed by atoms with E-state index in [0.29, 0.717) is 13.1 Å². The maximum atomic E-state index is 6.08. The third-order valence-corrected chi connectivity index (χ3v) is 4.01. The highest BCUT2D eigenvalue weighted by Gasteiger charge is 2.16. The highest BCUT2D eigenvalue weighted by Crippen LogP contribution is 2.21. The fourth-order valence-corrected chi connectivity index (χ4v) is 2.75. The van der Waals surface area contributed by atoms with E-state index in [9.17, 15) is 0 Å². The second-order valence-electron chi connectivity index (χ2n) is 7.13. The molecule has 0 aliphatic carbocycles. The molecule has 1 aromatic heterocycles. The van der Waals surface area contributed by atoms with E-state index >= 15 is 0 Å². The third-order valence-electron chi connectivity index (χ3n) is 3.77. The van der Waals surface area contributed by atoms with Gasteiger partial charge in [0.05, 0.1) is 6.54 Å². The molecule has 2 aromatic carbocycles. The number of rotatable bonds is 5. The van der Waals surface area contributed by atoms with E-state index in [2.05, 4.69) is 38.2 Å². The predicted molar refractivity (Wildman–Crippen MR) is 103 cm³/mol. The maximum absolute atomic E-state index is 6.08. The van der Waals surface area contributed by atoms with Gasteiger partial charge in [-0.15, -0.1) is 0 Å². The van der Waals surface area contributed by atoms with E-state index in [1.165, 1.54) is 0 Å². The van der Waals surface area contributed by atoms with Crippen molar-refractivity contribution < 1.29 is 0 Å². The lowest BCUT2D eigenvalue weighted by Gasteiger charge is -2.19. The van der Waals surface area contributed by atoms with Crippen LogP contribution in [0.2, 0.25) is 5.02 Å². The summed E-state index contributed by atoms with van der Waals surface area (Å²) in [5.41, 5.74) is 4.04. The first kappa shape index (κ1) is 17.6. The number of halogens is 1. The van der Waals surface area contributed by atoms with Crippen molar-refractivity contribution in [3.05, 3.63) is 70.9 Å². The van der Waals surface area contributed by atoms with Gasteiger partial charge in [-0.1, -0.05) is 54.1 Å². The van der Waals surface area contributed by atoms with Crippen LogP contribution in [0.4, 0.5) is 0 Å². The SMILES string of the molecule is CC(C)(C)NCc1nn(Cc2cccc(Cl)c2)nc1-c1ccccc1. The Morgan fingerprint density at radius 2 is 1.76 bits per heavy atom. The minimum atomic E-state index is 0.0185. The van der Waals surface area contributed by atoms with Crippen LogP contribution in [0.1, 0.15) is 32.0 Å². The largest absolute Gasteiger partial charge is 0.306 e. The summed E-state index contributed by atoms with van der Waals surface area (Å²) in [5.74, 6) is 0. The molecule has 0 amide bonds. The number of aromatic nitrogens is 3. The average Bonchev–Trinajstić information content (AvgIpc) is 2.96. The summed E-state index contributed by atoms with van der Waals surface area (Å²) >= 11 is 6.08. The molecule has 0 unspecified atom stereocenters. The van der Waals surface area contributed by atoms with Crippen molar-refractivity contribution in [2.45, 2.75) is 39.4 Å². The minimum Gasteiger partial charge on any atom is -0.306 e. The first-order valence-corrected chi connectivity index (χ1v) is 8.77. The predicted octanol–water partition coefficient (Wildman–Crippen LogP) is 4.53. The lowest BCUT2D eigenvalue weighted by molar-refractivity contribution is 0.419. The summed E-state index contributed by atoms with van der Waals surface area (Å²) in [6, 6.07) is 18.0. The molecule has 0 saturated carbocycles. The molecular weight excluding hydrogens is 332 g/mol. The lowest BCUT2D eigenvalue weighted by Crippen LogP contribution is -2.35. The second-order valence-corrected chi connectivity index (χ2v) is 7.56. The van der Waals surface area contributed by atoms with Gasteiger partial charge in [0, 0.05) is 22.7 Å². The van der Waals surface area contributed by atoms with Crippen LogP contribution >= 0.6 is 11.6 Å². The monoisotopic (exact) mass is 354 g/mol. The lowest BCUT2D eigenvalue weighted by atomic mass is 10.1. The van der Waals surface area contributed by atoms with E-state index in [4.69, 9.17) is 21.8 Å². The van der Waals surface area contributed by atoms with Crippen LogP contribution in [0, 0.1) is 0 Å². The normalized spacial score (nSPS) is 11.7. The van der Waals surface area contributed by atoms with Gasteiger partial charge in [-0.2, -0.15) is 15.0 Å². The molecule has 25 heavy (non-hydrogen) atoms. The summed E-state index contributed by atoms with van der Waals surface area (Å²) in [7, 11) is 0. The Bertz CT molecular complexity index is 834. The molecule has 0 radical (unpaired) electrons. The number of hydrogen-bond donors (Lipinski definition) is 1. The fourth-order valence-electron chi connectivity index (χ4n) is 2.54. The Labute approximate surface area is 153 Å². The summed E-state index contributed by atoms with van der Waals surface area (Å²) in [4.78, 5) is 1.74. The van der Waals surface area contributed by atoms with Crippen LogP contribution < -0.4 is 5.32 Å². The Kier molecular flexibility index (Phi) is 5.21. The molecule has 3 rings (SSSR count). The topological polar surface area (TPSA) is 42.7 Å². The summed E-state index contributed by atoms with van der Waals surface area (Å²) in [5, 5.41) is 13.7. The zero-order valence-electron chi connectivity index (χ0n) is 14.8. The van der Waals surface area contributed by atoms with Crippen LogP contribution in [0.3, 0.4) is 0 Å². The molecule has 0 atom stereocenters. The molecule has 1 heterocycles. The first-order valence-electron chi connectivity index (χ1n) is 8.40. The second kappa shape index (κ2) is 7.38. The van der Waals surface area contributed by atoms with Crippen LogP contribution in [0.15, 0.2) is 54.6 Å². The van der Waals surface area contributed by atoms with Gasteiger partial charge in [0.2, 0.25) is 0 Å². The van der Waals surface area contributed by atoms with Crippen LogP contribution in [-0.4, -0.2) is 20.5 Å². The fraction of sp³-hybridized carbons (Fsp3) is 0.300. The quantitative estimate of drug-likeness (QED) is 0.731. The van der Waals surface area contributed by atoms with Crippen molar-refractivity contribution >= 4 is 11.6 Å².